The van der Waals surface area contributed by atoms with Crippen molar-refractivity contribution in [1.82, 2.24) is 0 Å². The van der Waals surface area contributed by atoms with Gasteiger partial charge in [-0.25, -0.2) is 18.0 Å². The van der Waals surface area contributed by atoms with Crippen molar-refractivity contribution in [3.05, 3.63) is 115 Å². The molecule has 0 spiro atoms. The second-order valence-corrected chi connectivity index (χ2v) is 8.23. The Labute approximate surface area is 218 Å². The molecule has 0 fully saturated rings. The van der Waals surface area contributed by atoms with Crippen LogP contribution in [0.2, 0.25) is 0 Å². The zero-order chi connectivity index (χ0) is 27.1. The Morgan fingerprint density at radius 3 is 1.92 bits per heavy atom. The van der Waals surface area contributed by atoms with Gasteiger partial charge >= 0.3 is 5.97 Å². The highest BCUT2D eigenvalue weighted by Crippen LogP contribution is 2.32. The van der Waals surface area contributed by atoms with Crippen LogP contribution in [-0.2, 0) is 0 Å². The number of ether oxygens (including phenoxy) is 3. The molecule has 0 atom stereocenters. The molecular formula is C31H25F3O4. The zero-order valence-electron chi connectivity index (χ0n) is 20.7. The summed E-state index contributed by atoms with van der Waals surface area (Å²) in [5.41, 5.74) is 1.22. The van der Waals surface area contributed by atoms with Crippen LogP contribution in [0, 0.1) is 17.5 Å². The minimum absolute atomic E-state index is 0.00522. The summed E-state index contributed by atoms with van der Waals surface area (Å²) in [6.45, 7) is 6.22. The van der Waals surface area contributed by atoms with Crippen LogP contribution in [0.5, 0.6) is 17.2 Å². The molecule has 194 valence electrons. The van der Waals surface area contributed by atoms with E-state index >= 15 is 4.39 Å². The maximum atomic E-state index is 15.0. The lowest BCUT2D eigenvalue weighted by Crippen LogP contribution is -2.08. The van der Waals surface area contributed by atoms with Crippen molar-refractivity contribution in [3.63, 3.8) is 0 Å². The summed E-state index contributed by atoms with van der Waals surface area (Å²) in [5, 5.41) is 0. The summed E-state index contributed by atoms with van der Waals surface area (Å²) >= 11 is 0. The molecule has 0 amide bonds. The molecular weight excluding hydrogens is 493 g/mol. The smallest absolute Gasteiger partial charge is 0.343 e. The SMILES string of the molecule is C=CCCOc1ccc(OC(=O)c2ccc(-c3ccc(-c4ccc(OCC)cc4)c(F)c3F)cc2)cc1F. The van der Waals surface area contributed by atoms with Crippen molar-refractivity contribution in [2.75, 3.05) is 13.2 Å². The molecule has 0 saturated heterocycles. The highest BCUT2D eigenvalue weighted by atomic mass is 19.2. The average Bonchev–Trinajstić information content (AvgIpc) is 2.92. The normalized spacial score (nSPS) is 10.6. The third-order valence-corrected chi connectivity index (χ3v) is 5.68. The number of carbonyl (C=O) groups is 1. The predicted molar refractivity (Wildman–Crippen MR) is 140 cm³/mol. The van der Waals surface area contributed by atoms with E-state index in [4.69, 9.17) is 14.2 Å². The molecule has 0 aromatic heterocycles. The van der Waals surface area contributed by atoms with E-state index in [-0.39, 0.29) is 34.8 Å². The maximum Gasteiger partial charge on any atom is 0.343 e. The Kier molecular flexibility index (Phi) is 8.48. The topological polar surface area (TPSA) is 44.8 Å². The van der Waals surface area contributed by atoms with Crippen molar-refractivity contribution in [2.24, 2.45) is 0 Å². The molecule has 0 aliphatic heterocycles. The molecule has 4 aromatic carbocycles. The molecule has 0 aliphatic carbocycles. The van der Waals surface area contributed by atoms with Crippen LogP contribution in [-0.4, -0.2) is 19.2 Å². The third kappa shape index (κ3) is 6.06. The summed E-state index contributed by atoms with van der Waals surface area (Å²) in [5.74, 6) is -2.69. The fourth-order valence-electron chi connectivity index (χ4n) is 3.76. The van der Waals surface area contributed by atoms with E-state index in [9.17, 15) is 13.6 Å². The third-order valence-electron chi connectivity index (χ3n) is 5.68. The standard InChI is InChI=1S/C31H25F3O4/c1-3-5-18-37-28-17-14-24(19-27(28)32)38-31(35)22-8-6-20(7-9-22)25-15-16-26(30(34)29(25)33)21-10-12-23(13-11-21)36-4-2/h3,6-17,19H,1,4-5,18H2,2H3. The summed E-state index contributed by atoms with van der Waals surface area (Å²) in [7, 11) is 0. The predicted octanol–water partition coefficient (Wildman–Crippen LogP) is 8.01. The van der Waals surface area contributed by atoms with Crippen LogP contribution in [0.1, 0.15) is 23.7 Å². The van der Waals surface area contributed by atoms with Gasteiger partial charge in [-0.1, -0.05) is 42.5 Å². The second-order valence-electron chi connectivity index (χ2n) is 8.23. The Bertz CT molecular complexity index is 1430. The van der Waals surface area contributed by atoms with Crippen molar-refractivity contribution in [2.45, 2.75) is 13.3 Å². The first-order valence-electron chi connectivity index (χ1n) is 12.0. The van der Waals surface area contributed by atoms with Crippen LogP contribution in [0.4, 0.5) is 13.2 Å². The monoisotopic (exact) mass is 518 g/mol. The maximum absolute atomic E-state index is 15.0. The summed E-state index contributed by atoms with van der Waals surface area (Å²) < 4.78 is 60.1. The second kappa shape index (κ2) is 12.1. The van der Waals surface area contributed by atoms with Gasteiger partial charge in [-0.05, 0) is 60.9 Å². The van der Waals surface area contributed by atoms with Crippen LogP contribution >= 0.6 is 0 Å². The number of esters is 1. The average molecular weight is 519 g/mol. The van der Waals surface area contributed by atoms with E-state index in [1.807, 2.05) is 6.92 Å². The van der Waals surface area contributed by atoms with Crippen molar-refractivity contribution in [1.29, 1.82) is 0 Å². The largest absolute Gasteiger partial charge is 0.494 e. The first kappa shape index (κ1) is 26.5. The van der Waals surface area contributed by atoms with Gasteiger partial charge in [0.1, 0.15) is 11.5 Å². The fraction of sp³-hybridized carbons (Fsp3) is 0.129. The van der Waals surface area contributed by atoms with Gasteiger partial charge < -0.3 is 14.2 Å². The molecule has 0 bridgehead atoms. The Balaban J connectivity index is 1.47. The molecule has 0 aliphatic rings. The van der Waals surface area contributed by atoms with E-state index in [2.05, 4.69) is 6.58 Å². The lowest BCUT2D eigenvalue weighted by molar-refractivity contribution is 0.0734. The number of hydrogen-bond acceptors (Lipinski definition) is 4. The number of rotatable bonds is 10. The first-order valence-corrected chi connectivity index (χ1v) is 12.0. The molecule has 0 saturated carbocycles. The van der Waals surface area contributed by atoms with Crippen molar-refractivity contribution in [3.8, 4) is 39.5 Å². The van der Waals surface area contributed by atoms with Crippen LogP contribution in [0.15, 0.2) is 91.5 Å². The highest BCUT2D eigenvalue weighted by Gasteiger charge is 2.17. The number of benzene rings is 4. The highest BCUT2D eigenvalue weighted by molar-refractivity contribution is 5.91. The van der Waals surface area contributed by atoms with E-state index in [0.717, 1.165) is 6.07 Å². The minimum atomic E-state index is -1.00. The summed E-state index contributed by atoms with van der Waals surface area (Å²) in [6, 6.07) is 19.4. The number of halogens is 3. The molecule has 7 heteroatoms. The number of hydrogen-bond donors (Lipinski definition) is 0. The van der Waals surface area contributed by atoms with Crippen molar-refractivity contribution >= 4 is 5.97 Å². The van der Waals surface area contributed by atoms with Gasteiger partial charge in [0.05, 0.1) is 18.8 Å². The lowest BCUT2D eigenvalue weighted by Gasteiger charge is -2.11. The van der Waals surface area contributed by atoms with Gasteiger partial charge in [-0.2, -0.15) is 0 Å². The van der Waals surface area contributed by atoms with Gasteiger partial charge in [0.2, 0.25) is 0 Å². The van der Waals surface area contributed by atoms with Crippen LogP contribution < -0.4 is 14.2 Å². The lowest BCUT2D eigenvalue weighted by atomic mass is 9.98. The van der Waals surface area contributed by atoms with Gasteiger partial charge in [0.25, 0.3) is 0 Å². The molecule has 4 rings (SSSR count). The summed E-state index contributed by atoms with van der Waals surface area (Å²) in [4.78, 5) is 12.5. The molecule has 0 heterocycles. The fourth-order valence-corrected chi connectivity index (χ4v) is 3.76. The molecule has 0 radical (unpaired) electrons. The van der Waals surface area contributed by atoms with E-state index < -0.39 is 23.4 Å². The Morgan fingerprint density at radius 1 is 0.789 bits per heavy atom. The molecule has 0 unspecified atom stereocenters. The van der Waals surface area contributed by atoms with Crippen molar-refractivity contribution < 1.29 is 32.2 Å². The molecule has 4 aromatic rings. The van der Waals surface area contributed by atoms with Crippen LogP contribution in [0.25, 0.3) is 22.3 Å². The summed E-state index contributed by atoms with van der Waals surface area (Å²) in [6.07, 6.45) is 2.22. The minimum Gasteiger partial charge on any atom is -0.494 e. The Morgan fingerprint density at radius 2 is 1.37 bits per heavy atom. The first-order chi connectivity index (χ1) is 18.4. The van der Waals surface area contributed by atoms with Gasteiger partial charge in [0.15, 0.2) is 23.2 Å². The molecule has 4 nitrogen and oxygen atoms in total. The van der Waals surface area contributed by atoms with E-state index in [1.54, 1.807) is 30.3 Å². The molecule has 38 heavy (non-hydrogen) atoms. The number of carbonyl (C=O) groups excluding carboxylic acids is 1. The van der Waals surface area contributed by atoms with E-state index in [1.165, 1.54) is 48.5 Å². The van der Waals surface area contributed by atoms with Crippen LogP contribution in [0.3, 0.4) is 0 Å². The quantitative estimate of drug-likeness (QED) is 0.0923. The molecule has 0 N–H and O–H groups in total. The zero-order valence-corrected chi connectivity index (χ0v) is 20.7. The Hall–Kier alpha value is -4.52. The van der Waals surface area contributed by atoms with Gasteiger partial charge in [0, 0.05) is 17.2 Å². The van der Waals surface area contributed by atoms with E-state index in [0.29, 0.717) is 29.9 Å². The van der Waals surface area contributed by atoms with Gasteiger partial charge in [-0.15, -0.1) is 6.58 Å². The van der Waals surface area contributed by atoms with Gasteiger partial charge in [-0.3, -0.25) is 0 Å².